The van der Waals surface area contributed by atoms with Crippen molar-refractivity contribution in [2.75, 3.05) is 0 Å². The molecule has 0 aliphatic carbocycles. The molecule has 0 atom stereocenters. The van der Waals surface area contributed by atoms with E-state index in [0.29, 0.717) is 0 Å². The molecule has 9 aromatic carbocycles. The minimum absolute atomic E-state index is 0.853. The molecule has 0 unspecified atom stereocenters. The third-order valence-corrected chi connectivity index (χ3v) is 12.6. The van der Waals surface area contributed by atoms with Crippen LogP contribution in [0, 0.1) is 116 Å². The number of aromatic nitrogens is 1. The van der Waals surface area contributed by atoms with E-state index < -0.39 is 144 Å². The van der Waals surface area contributed by atoms with E-state index in [-0.39, 0.29) is 0 Å². The zero-order valence-electron chi connectivity index (χ0n) is 36.2. The van der Waals surface area contributed by atoms with Gasteiger partial charge in [0.05, 0.1) is 0 Å². The van der Waals surface area contributed by atoms with Gasteiger partial charge in [-0.2, -0.15) is 0 Å². The van der Waals surface area contributed by atoms with E-state index >= 15 is 35.1 Å². The number of nitrogens with zero attached hydrogens (tertiary/aromatic N) is 1. The Labute approximate surface area is 400 Å². The molecular formula is C52H20BF20N. The van der Waals surface area contributed by atoms with Crippen LogP contribution in [0.25, 0.3) is 43.1 Å². The smallest absolute Gasteiger partial charge is 0.200 e. The van der Waals surface area contributed by atoms with E-state index in [4.69, 9.17) is 0 Å². The van der Waals surface area contributed by atoms with Crippen molar-refractivity contribution in [2.24, 2.45) is 0 Å². The number of rotatable bonds is 6. The fourth-order valence-corrected chi connectivity index (χ4v) is 9.36. The lowest BCUT2D eigenvalue weighted by atomic mass is 9.12. The first-order chi connectivity index (χ1) is 35.1. The number of fused-ring (bicyclic) bond motifs is 4. The van der Waals surface area contributed by atoms with Crippen molar-refractivity contribution in [2.45, 2.75) is 6.54 Å². The molecule has 0 spiro atoms. The van der Waals surface area contributed by atoms with E-state index in [1.807, 2.05) is 0 Å². The molecule has 10 aromatic rings. The first kappa shape index (κ1) is 50.8. The van der Waals surface area contributed by atoms with Gasteiger partial charge in [-0.05, 0) is 73.4 Å². The lowest BCUT2D eigenvalue weighted by Crippen LogP contribution is -2.81. The Kier molecular flexibility index (Phi) is 12.8. The Morgan fingerprint density at radius 2 is 0.486 bits per heavy atom. The minimum Gasteiger partial charge on any atom is -0.207 e. The molecule has 1 heterocycles. The number of pyridine rings is 1. The summed E-state index contributed by atoms with van der Waals surface area (Å²) in [7, 11) is 0. The van der Waals surface area contributed by atoms with Gasteiger partial charge in [-0.25, -0.2) is 92.4 Å². The highest BCUT2D eigenvalue weighted by atomic mass is 19.2. The van der Waals surface area contributed by atoms with Gasteiger partial charge in [0.25, 0.3) is 0 Å². The first-order valence-corrected chi connectivity index (χ1v) is 21.0. The molecule has 0 aliphatic heterocycles. The molecule has 0 bridgehead atoms. The summed E-state index contributed by atoms with van der Waals surface area (Å²) in [6, 6.07) is 35.3. The Hall–Kier alpha value is -8.17. The number of hydrogen-bond donors (Lipinski definition) is 0. The molecule has 22 heteroatoms. The normalized spacial score (nSPS) is 11.8. The molecular weight excluding hydrogens is 1030 g/mol. The fraction of sp³-hybridized carbons (Fsp3) is 0.0192. The van der Waals surface area contributed by atoms with Crippen LogP contribution in [0.4, 0.5) is 87.8 Å². The zero-order valence-corrected chi connectivity index (χ0v) is 36.2. The minimum atomic E-state index is -7.22. The van der Waals surface area contributed by atoms with Gasteiger partial charge < -0.3 is 0 Å². The number of halogens is 20. The van der Waals surface area contributed by atoms with Crippen molar-refractivity contribution >= 4 is 71.1 Å². The van der Waals surface area contributed by atoms with Gasteiger partial charge in [0.2, 0.25) is 0 Å². The van der Waals surface area contributed by atoms with Crippen LogP contribution in [0.5, 0.6) is 0 Å². The van der Waals surface area contributed by atoms with Gasteiger partial charge >= 0.3 is 0 Å². The summed E-state index contributed by atoms with van der Waals surface area (Å²) in [5, 5.41) is 10.4. The van der Waals surface area contributed by atoms with Crippen molar-refractivity contribution in [3.8, 4) is 0 Å². The van der Waals surface area contributed by atoms with Gasteiger partial charge in [0.15, 0.2) is 88.7 Å². The van der Waals surface area contributed by atoms with Crippen molar-refractivity contribution in [3.63, 3.8) is 0 Å². The van der Waals surface area contributed by atoms with E-state index in [1.54, 1.807) is 0 Å². The van der Waals surface area contributed by atoms with Crippen molar-refractivity contribution < 1.29 is 92.4 Å². The van der Waals surface area contributed by atoms with Crippen LogP contribution in [0.3, 0.4) is 0 Å². The third-order valence-electron chi connectivity index (χ3n) is 12.6. The maximum Gasteiger partial charge on any atom is 0.200 e. The molecule has 0 N–H and O–H groups in total. The Morgan fingerprint density at radius 1 is 0.257 bits per heavy atom. The molecule has 0 saturated carbocycles. The average Bonchev–Trinajstić information content (AvgIpc) is 3.41. The van der Waals surface area contributed by atoms with Gasteiger partial charge in [-0.1, -0.05) is 54.6 Å². The standard InChI is InChI=1S/C28H20N.C24BF20/c1-6-12-29(13-7-1)19-28-26-17-22-10-4-2-8-20(22)14-24(26)16-25-15-21-9-3-5-11-23(21)18-27(25)28;26-5-1(6(27)14(35)21(42)13(5)34)25(2-7(28)15(36)22(43)16(37)8(2)29,3-9(30)17(38)23(44)18(39)10(3)31)4-11(32)19(40)24(45)20(41)12(4)33/h1-18H,19H2;/q+1;-1. The molecule has 74 heavy (non-hydrogen) atoms. The quantitative estimate of drug-likeness (QED) is 0.0390. The first-order valence-electron chi connectivity index (χ1n) is 21.0. The van der Waals surface area contributed by atoms with Gasteiger partial charge in [-0.3, -0.25) is 0 Å². The van der Waals surface area contributed by atoms with E-state index in [9.17, 15) is 52.7 Å². The summed E-state index contributed by atoms with van der Waals surface area (Å²) in [6.45, 7) is 0.853. The van der Waals surface area contributed by atoms with Gasteiger partial charge in [-0.15, -0.1) is 21.9 Å². The molecule has 0 fully saturated rings. The third kappa shape index (κ3) is 7.62. The maximum absolute atomic E-state index is 15.4. The van der Waals surface area contributed by atoms with Crippen LogP contribution < -0.4 is 26.4 Å². The zero-order chi connectivity index (χ0) is 53.6. The van der Waals surface area contributed by atoms with Crippen LogP contribution >= 0.6 is 0 Å². The lowest BCUT2D eigenvalue weighted by molar-refractivity contribution is -0.688. The highest BCUT2D eigenvalue weighted by Crippen LogP contribution is 2.35. The molecule has 1 nitrogen and oxygen atoms in total. The fourth-order valence-electron chi connectivity index (χ4n) is 9.36. The lowest BCUT2D eigenvalue weighted by Gasteiger charge is -2.44. The Bertz CT molecular complexity index is 3520. The van der Waals surface area contributed by atoms with E-state index in [0.717, 1.165) is 6.54 Å². The highest BCUT2D eigenvalue weighted by molar-refractivity contribution is 7.20. The van der Waals surface area contributed by atoms with Crippen molar-refractivity contribution in [1.29, 1.82) is 0 Å². The van der Waals surface area contributed by atoms with Crippen LogP contribution in [0.15, 0.2) is 109 Å². The van der Waals surface area contributed by atoms with Crippen molar-refractivity contribution in [3.05, 3.63) is 231 Å². The second-order valence-corrected chi connectivity index (χ2v) is 16.5. The maximum atomic E-state index is 15.4. The Morgan fingerprint density at radius 3 is 0.757 bits per heavy atom. The Balaban J connectivity index is 0.000000198. The average molecular weight is 1050 g/mol. The molecule has 1 aromatic heterocycles. The van der Waals surface area contributed by atoms with E-state index in [1.165, 1.54) is 48.7 Å². The van der Waals surface area contributed by atoms with Crippen LogP contribution in [-0.2, 0) is 6.54 Å². The van der Waals surface area contributed by atoms with Crippen LogP contribution in [0.2, 0.25) is 0 Å². The van der Waals surface area contributed by atoms with Crippen LogP contribution in [0.1, 0.15) is 5.56 Å². The second kappa shape index (κ2) is 18.7. The largest absolute Gasteiger partial charge is 0.207 e. The highest BCUT2D eigenvalue weighted by Gasteiger charge is 2.52. The summed E-state index contributed by atoms with van der Waals surface area (Å²) < 4.78 is 296. The monoisotopic (exact) mass is 1050 g/mol. The second-order valence-electron chi connectivity index (χ2n) is 16.5. The number of benzene rings is 9. The predicted molar refractivity (Wildman–Crippen MR) is 231 cm³/mol. The van der Waals surface area contributed by atoms with Gasteiger partial charge in [0, 0.05) is 17.7 Å². The van der Waals surface area contributed by atoms with Crippen LogP contribution in [-0.4, -0.2) is 6.15 Å². The van der Waals surface area contributed by atoms with Crippen molar-refractivity contribution in [1.82, 2.24) is 0 Å². The summed E-state index contributed by atoms with van der Waals surface area (Å²) >= 11 is 0. The SMILES string of the molecule is Fc1c(F)c(F)c([B-](c2c(F)c(F)c(F)c(F)c2F)(c2c(F)c(F)c(F)c(F)c2F)c2c(F)c(F)c(F)c(F)c2F)c(F)c1F.c1cc[n+](Cc2c3cc4ccccc4cc3cc3cc4ccccc4cc23)cc1. The summed E-state index contributed by atoms with van der Waals surface area (Å²) in [4.78, 5) is 0. The van der Waals surface area contributed by atoms with Gasteiger partial charge in [0.1, 0.15) is 52.7 Å². The molecule has 0 saturated heterocycles. The topological polar surface area (TPSA) is 3.88 Å². The predicted octanol–water partition coefficient (Wildman–Crippen LogP) is 12.5. The molecule has 10 rings (SSSR count). The molecule has 376 valence electrons. The summed E-state index contributed by atoms with van der Waals surface area (Å²) in [5.41, 5.74) is -12.9. The summed E-state index contributed by atoms with van der Waals surface area (Å²) in [5.74, 6) is -71.4. The molecule has 0 amide bonds. The summed E-state index contributed by atoms with van der Waals surface area (Å²) in [6.07, 6.45) is -2.93. The number of hydrogen-bond acceptors (Lipinski definition) is 0. The molecule has 0 radical (unpaired) electrons. The molecule has 0 aliphatic rings. The van der Waals surface area contributed by atoms with E-state index in [2.05, 4.69) is 114 Å².